The SMILES string of the molecule is Cc1ccc(C)nc1.Cc1cccnc1C. The van der Waals surface area contributed by atoms with Gasteiger partial charge in [-0.3, -0.25) is 9.97 Å². The molecule has 0 bridgehead atoms. The molecule has 0 N–H and O–H groups in total. The first-order valence-corrected chi connectivity index (χ1v) is 5.37. The van der Waals surface area contributed by atoms with E-state index in [2.05, 4.69) is 29.0 Å². The van der Waals surface area contributed by atoms with Crippen molar-refractivity contribution in [3.63, 3.8) is 0 Å². The van der Waals surface area contributed by atoms with Crippen molar-refractivity contribution in [2.45, 2.75) is 27.7 Å². The normalized spacial score (nSPS) is 9.25. The fraction of sp³-hybridized carbons (Fsp3) is 0.286. The first-order chi connectivity index (χ1) is 7.59. The smallest absolute Gasteiger partial charge is 0.0401 e. The summed E-state index contributed by atoms with van der Waals surface area (Å²) in [7, 11) is 0. The van der Waals surface area contributed by atoms with Crippen molar-refractivity contribution in [2.75, 3.05) is 0 Å². The summed E-state index contributed by atoms with van der Waals surface area (Å²) in [4.78, 5) is 8.16. The summed E-state index contributed by atoms with van der Waals surface area (Å²) in [5.74, 6) is 0. The van der Waals surface area contributed by atoms with Gasteiger partial charge in [0.15, 0.2) is 0 Å². The van der Waals surface area contributed by atoms with Crippen LogP contribution in [0.2, 0.25) is 0 Å². The van der Waals surface area contributed by atoms with E-state index in [-0.39, 0.29) is 0 Å². The lowest BCUT2D eigenvalue weighted by Crippen LogP contribution is -1.81. The van der Waals surface area contributed by atoms with Gasteiger partial charge in [-0.25, -0.2) is 0 Å². The zero-order valence-electron chi connectivity index (χ0n) is 10.4. The Morgan fingerprint density at radius 1 is 0.875 bits per heavy atom. The van der Waals surface area contributed by atoms with E-state index >= 15 is 0 Å². The molecule has 84 valence electrons. The number of aromatic nitrogens is 2. The van der Waals surface area contributed by atoms with Crippen LogP contribution >= 0.6 is 0 Å². The fourth-order valence-electron chi connectivity index (χ4n) is 1.11. The monoisotopic (exact) mass is 214 g/mol. The molecule has 2 nitrogen and oxygen atoms in total. The van der Waals surface area contributed by atoms with Gasteiger partial charge in [-0.15, -0.1) is 0 Å². The topological polar surface area (TPSA) is 25.8 Å². The Morgan fingerprint density at radius 3 is 2.00 bits per heavy atom. The van der Waals surface area contributed by atoms with Crippen molar-refractivity contribution < 1.29 is 0 Å². The average Bonchev–Trinajstić information content (AvgIpc) is 2.28. The molecule has 0 amide bonds. The van der Waals surface area contributed by atoms with Crippen LogP contribution in [0.15, 0.2) is 36.7 Å². The highest BCUT2D eigenvalue weighted by Crippen LogP contribution is 1.98. The van der Waals surface area contributed by atoms with Gasteiger partial charge in [0.1, 0.15) is 0 Å². The molecule has 2 aromatic rings. The van der Waals surface area contributed by atoms with Gasteiger partial charge in [-0.1, -0.05) is 12.1 Å². The molecule has 0 radical (unpaired) electrons. The minimum Gasteiger partial charge on any atom is -0.261 e. The zero-order chi connectivity index (χ0) is 12.0. The third kappa shape index (κ3) is 4.22. The molecule has 0 aliphatic heterocycles. The molecule has 0 aliphatic carbocycles. The zero-order valence-corrected chi connectivity index (χ0v) is 10.4. The van der Waals surface area contributed by atoms with Crippen molar-refractivity contribution in [3.8, 4) is 0 Å². The highest BCUT2D eigenvalue weighted by molar-refractivity contribution is 5.15. The Balaban J connectivity index is 0.000000160. The van der Waals surface area contributed by atoms with Crippen LogP contribution in [0.25, 0.3) is 0 Å². The Hall–Kier alpha value is -1.70. The second-order valence-corrected chi connectivity index (χ2v) is 3.88. The number of hydrogen-bond donors (Lipinski definition) is 0. The number of rotatable bonds is 0. The first kappa shape index (κ1) is 12.4. The van der Waals surface area contributed by atoms with Crippen LogP contribution in [0, 0.1) is 27.7 Å². The van der Waals surface area contributed by atoms with Crippen LogP contribution < -0.4 is 0 Å². The molecular formula is C14H18N2. The number of aryl methyl sites for hydroxylation is 4. The summed E-state index contributed by atoms with van der Waals surface area (Å²) in [5, 5.41) is 0. The molecule has 0 fully saturated rings. The van der Waals surface area contributed by atoms with Crippen LogP contribution in [0.5, 0.6) is 0 Å². The lowest BCUT2D eigenvalue weighted by Gasteiger charge is -1.92. The lowest BCUT2D eigenvalue weighted by molar-refractivity contribution is 1.15. The van der Waals surface area contributed by atoms with Gasteiger partial charge in [-0.2, -0.15) is 0 Å². The Bertz CT molecular complexity index is 391. The van der Waals surface area contributed by atoms with Crippen LogP contribution in [0.1, 0.15) is 22.5 Å². The maximum absolute atomic E-state index is 4.08. The molecule has 0 spiro atoms. The van der Waals surface area contributed by atoms with Gasteiger partial charge in [0.05, 0.1) is 0 Å². The van der Waals surface area contributed by atoms with Gasteiger partial charge < -0.3 is 0 Å². The average molecular weight is 214 g/mol. The molecule has 16 heavy (non-hydrogen) atoms. The van der Waals surface area contributed by atoms with Crippen molar-refractivity contribution in [1.82, 2.24) is 9.97 Å². The molecule has 0 aromatic carbocycles. The van der Waals surface area contributed by atoms with E-state index in [1.165, 1.54) is 11.1 Å². The molecule has 0 unspecified atom stereocenters. The summed E-state index contributed by atoms with van der Waals surface area (Å²) in [5.41, 5.74) is 4.67. The third-order valence-corrected chi connectivity index (χ3v) is 2.33. The molecule has 2 heterocycles. The van der Waals surface area contributed by atoms with E-state index in [9.17, 15) is 0 Å². The standard InChI is InChI=1S/2C7H9N/c1-6-3-4-7(2)8-5-6;1-6-4-3-5-8-7(6)2/h2*3-5H,1-2H3. The van der Waals surface area contributed by atoms with Gasteiger partial charge in [-0.05, 0) is 51.0 Å². The highest BCUT2D eigenvalue weighted by Gasteiger charge is 1.85. The third-order valence-electron chi connectivity index (χ3n) is 2.33. The van der Waals surface area contributed by atoms with Crippen LogP contribution in [0.3, 0.4) is 0 Å². The predicted molar refractivity (Wildman–Crippen MR) is 67.4 cm³/mol. The first-order valence-electron chi connectivity index (χ1n) is 5.37. The summed E-state index contributed by atoms with van der Waals surface area (Å²) >= 11 is 0. The van der Waals surface area contributed by atoms with E-state index in [1.54, 1.807) is 0 Å². The van der Waals surface area contributed by atoms with E-state index in [0.29, 0.717) is 0 Å². The summed E-state index contributed by atoms with van der Waals surface area (Å²) < 4.78 is 0. The number of pyridine rings is 2. The Kier molecular flexibility index (Phi) is 4.65. The molecule has 0 atom stereocenters. The molecule has 2 heteroatoms. The minimum atomic E-state index is 1.08. The molecular weight excluding hydrogens is 196 g/mol. The number of nitrogens with zero attached hydrogens (tertiary/aromatic N) is 2. The number of hydrogen-bond acceptors (Lipinski definition) is 2. The van der Waals surface area contributed by atoms with Crippen LogP contribution in [0.4, 0.5) is 0 Å². The van der Waals surface area contributed by atoms with Gasteiger partial charge in [0.25, 0.3) is 0 Å². The molecule has 2 rings (SSSR count). The quantitative estimate of drug-likeness (QED) is 0.671. The minimum absolute atomic E-state index is 1.08. The van der Waals surface area contributed by atoms with Crippen molar-refractivity contribution >= 4 is 0 Å². The highest BCUT2D eigenvalue weighted by atomic mass is 14.7. The van der Waals surface area contributed by atoms with Crippen LogP contribution in [-0.4, -0.2) is 9.97 Å². The van der Waals surface area contributed by atoms with E-state index in [1.807, 2.05) is 45.3 Å². The summed E-state index contributed by atoms with van der Waals surface area (Å²) in [6.07, 6.45) is 3.68. The van der Waals surface area contributed by atoms with E-state index < -0.39 is 0 Å². The van der Waals surface area contributed by atoms with E-state index in [4.69, 9.17) is 0 Å². The molecule has 0 saturated carbocycles. The maximum atomic E-state index is 4.08. The van der Waals surface area contributed by atoms with Gasteiger partial charge in [0, 0.05) is 23.8 Å². The summed E-state index contributed by atoms with van der Waals surface area (Å²) in [6, 6.07) is 8.07. The van der Waals surface area contributed by atoms with Gasteiger partial charge in [0.2, 0.25) is 0 Å². The van der Waals surface area contributed by atoms with Crippen molar-refractivity contribution in [2.24, 2.45) is 0 Å². The summed E-state index contributed by atoms with van der Waals surface area (Å²) in [6.45, 7) is 8.09. The second-order valence-electron chi connectivity index (χ2n) is 3.88. The predicted octanol–water partition coefficient (Wildman–Crippen LogP) is 3.40. The van der Waals surface area contributed by atoms with Crippen LogP contribution in [-0.2, 0) is 0 Å². The van der Waals surface area contributed by atoms with Gasteiger partial charge >= 0.3 is 0 Å². The largest absolute Gasteiger partial charge is 0.261 e. The Labute approximate surface area is 97.4 Å². The maximum Gasteiger partial charge on any atom is 0.0401 e. The lowest BCUT2D eigenvalue weighted by atomic mass is 10.2. The fourth-order valence-corrected chi connectivity index (χ4v) is 1.11. The van der Waals surface area contributed by atoms with Crippen molar-refractivity contribution in [3.05, 3.63) is 59.2 Å². The molecule has 0 aliphatic rings. The molecule has 0 saturated heterocycles. The molecule has 2 aromatic heterocycles. The second kappa shape index (κ2) is 6.01. The van der Waals surface area contributed by atoms with E-state index in [0.717, 1.165) is 11.4 Å². The van der Waals surface area contributed by atoms with Crippen molar-refractivity contribution in [1.29, 1.82) is 0 Å². The Morgan fingerprint density at radius 2 is 1.62 bits per heavy atom.